The van der Waals surface area contributed by atoms with Crippen LogP contribution < -0.4 is 5.32 Å². The van der Waals surface area contributed by atoms with E-state index in [1.807, 2.05) is 31.2 Å². The summed E-state index contributed by atoms with van der Waals surface area (Å²) in [7, 11) is 0. The molecular formula is C19H16F3N3O. The number of aromatic nitrogens is 2. The Kier molecular flexibility index (Phi) is 4.79. The molecule has 0 saturated carbocycles. The molecule has 1 aromatic heterocycles. The first kappa shape index (κ1) is 17.7. The number of hydrogen-bond donors (Lipinski definition) is 2. The van der Waals surface area contributed by atoms with E-state index in [1.165, 1.54) is 18.3 Å². The van der Waals surface area contributed by atoms with Crippen LogP contribution >= 0.6 is 0 Å². The van der Waals surface area contributed by atoms with Crippen LogP contribution in [0.25, 0.3) is 11.3 Å². The third kappa shape index (κ3) is 3.93. The Morgan fingerprint density at radius 2 is 1.92 bits per heavy atom. The predicted octanol–water partition coefficient (Wildman–Crippen LogP) is 4.33. The number of H-pyrrole nitrogens is 1. The number of aromatic amines is 1. The van der Waals surface area contributed by atoms with Gasteiger partial charge >= 0.3 is 6.18 Å². The van der Waals surface area contributed by atoms with Crippen LogP contribution in [0.1, 0.15) is 27.0 Å². The maximum absolute atomic E-state index is 12.8. The van der Waals surface area contributed by atoms with Crippen LogP contribution in [-0.2, 0) is 12.7 Å². The van der Waals surface area contributed by atoms with Crippen molar-refractivity contribution in [2.75, 3.05) is 0 Å². The zero-order valence-corrected chi connectivity index (χ0v) is 13.9. The molecular weight excluding hydrogens is 343 g/mol. The second-order valence-electron chi connectivity index (χ2n) is 5.91. The number of alkyl halides is 3. The van der Waals surface area contributed by atoms with Crippen molar-refractivity contribution in [3.8, 4) is 11.3 Å². The van der Waals surface area contributed by atoms with Gasteiger partial charge in [0.2, 0.25) is 0 Å². The summed E-state index contributed by atoms with van der Waals surface area (Å²) in [6, 6.07) is 12.4. The van der Waals surface area contributed by atoms with E-state index in [2.05, 4.69) is 15.5 Å². The van der Waals surface area contributed by atoms with E-state index >= 15 is 0 Å². The van der Waals surface area contributed by atoms with Gasteiger partial charge < -0.3 is 5.32 Å². The van der Waals surface area contributed by atoms with E-state index in [4.69, 9.17) is 0 Å². The first-order valence-electron chi connectivity index (χ1n) is 7.89. The van der Waals surface area contributed by atoms with Gasteiger partial charge in [0.1, 0.15) is 0 Å². The van der Waals surface area contributed by atoms with Gasteiger partial charge in [-0.05, 0) is 30.7 Å². The molecule has 0 aliphatic rings. The van der Waals surface area contributed by atoms with Crippen molar-refractivity contribution in [1.82, 2.24) is 15.5 Å². The minimum atomic E-state index is -4.41. The Labute approximate surface area is 148 Å². The molecule has 7 heteroatoms. The molecule has 3 rings (SSSR count). The highest BCUT2D eigenvalue weighted by atomic mass is 19.4. The van der Waals surface area contributed by atoms with Crippen molar-refractivity contribution in [2.24, 2.45) is 0 Å². The van der Waals surface area contributed by atoms with E-state index in [1.54, 1.807) is 0 Å². The summed E-state index contributed by atoms with van der Waals surface area (Å²) in [5.41, 5.74) is 2.37. The summed E-state index contributed by atoms with van der Waals surface area (Å²) in [4.78, 5) is 12.4. The van der Waals surface area contributed by atoms with Gasteiger partial charge in [-0.25, -0.2) is 0 Å². The molecule has 134 valence electrons. The van der Waals surface area contributed by atoms with E-state index in [-0.39, 0.29) is 6.54 Å². The number of amides is 1. The van der Waals surface area contributed by atoms with E-state index < -0.39 is 17.6 Å². The lowest BCUT2D eigenvalue weighted by Gasteiger charge is -2.10. The van der Waals surface area contributed by atoms with Crippen LogP contribution in [0, 0.1) is 6.92 Å². The molecule has 2 aromatic carbocycles. The van der Waals surface area contributed by atoms with Crippen LogP contribution in [0.5, 0.6) is 0 Å². The number of nitrogens with one attached hydrogen (secondary N) is 2. The summed E-state index contributed by atoms with van der Waals surface area (Å²) in [6.45, 7) is 1.93. The summed E-state index contributed by atoms with van der Waals surface area (Å²) >= 11 is 0. The molecule has 2 N–H and O–H groups in total. The average Bonchev–Trinajstić information content (AvgIpc) is 3.09. The van der Waals surface area contributed by atoms with Gasteiger partial charge in [-0.3, -0.25) is 9.89 Å². The van der Waals surface area contributed by atoms with Crippen molar-refractivity contribution in [1.29, 1.82) is 0 Å². The minimum absolute atomic E-state index is 0.0127. The molecule has 0 atom stereocenters. The van der Waals surface area contributed by atoms with Crippen molar-refractivity contribution in [3.05, 3.63) is 77.0 Å². The fourth-order valence-corrected chi connectivity index (χ4v) is 2.61. The van der Waals surface area contributed by atoms with Gasteiger partial charge in [-0.1, -0.05) is 35.9 Å². The van der Waals surface area contributed by atoms with E-state index in [0.717, 1.165) is 23.3 Å². The summed E-state index contributed by atoms with van der Waals surface area (Å²) in [6.07, 6.45) is -3.01. The van der Waals surface area contributed by atoms with Gasteiger partial charge in [0.15, 0.2) is 0 Å². The highest BCUT2D eigenvalue weighted by molar-refractivity contribution is 5.99. The monoisotopic (exact) mass is 359 g/mol. The van der Waals surface area contributed by atoms with Crippen molar-refractivity contribution in [3.63, 3.8) is 0 Å². The van der Waals surface area contributed by atoms with Gasteiger partial charge in [0, 0.05) is 12.1 Å². The Bertz CT molecular complexity index is 932. The quantitative estimate of drug-likeness (QED) is 0.728. The maximum Gasteiger partial charge on any atom is 0.416 e. The Hall–Kier alpha value is -3.09. The van der Waals surface area contributed by atoms with Gasteiger partial charge in [-0.2, -0.15) is 18.3 Å². The largest absolute Gasteiger partial charge is 0.416 e. The molecule has 0 unspecified atom stereocenters. The van der Waals surface area contributed by atoms with Crippen molar-refractivity contribution >= 4 is 5.91 Å². The Morgan fingerprint density at radius 1 is 1.15 bits per heavy atom. The number of rotatable bonds is 4. The minimum Gasteiger partial charge on any atom is -0.348 e. The number of carbonyl (C=O) groups is 1. The zero-order chi connectivity index (χ0) is 18.7. The number of benzene rings is 2. The molecule has 3 aromatic rings. The first-order valence-corrected chi connectivity index (χ1v) is 7.89. The van der Waals surface area contributed by atoms with Crippen LogP contribution in [0.2, 0.25) is 0 Å². The predicted molar refractivity (Wildman–Crippen MR) is 91.4 cm³/mol. The lowest BCUT2D eigenvalue weighted by molar-refractivity contribution is -0.137. The van der Waals surface area contributed by atoms with Crippen molar-refractivity contribution in [2.45, 2.75) is 19.6 Å². The lowest BCUT2D eigenvalue weighted by atomic mass is 10.1. The normalized spacial score (nSPS) is 11.4. The lowest BCUT2D eigenvalue weighted by Crippen LogP contribution is -2.23. The van der Waals surface area contributed by atoms with E-state index in [0.29, 0.717) is 16.8 Å². The van der Waals surface area contributed by atoms with Gasteiger partial charge in [0.05, 0.1) is 23.0 Å². The average molecular weight is 359 g/mol. The molecule has 1 amide bonds. The Balaban J connectivity index is 1.75. The fourth-order valence-electron chi connectivity index (χ4n) is 2.61. The van der Waals surface area contributed by atoms with Crippen molar-refractivity contribution < 1.29 is 18.0 Å². The Morgan fingerprint density at radius 3 is 2.65 bits per heavy atom. The second-order valence-corrected chi connectivity index (χ2v) is 5.91. The molecule has 0 bridgehead atoms. The van der Waals surface area contributed by atoms with Gasteiger partial charge in [-0.15, -0.1) is 0 Å². The summed E-state index contributed by atoms with van der Waals surface area (Å²) in [5, 5.41) is 9.35. The summed E-state index contributed by atoms with van der Waals surface area (Å²) < 4.78 is 38.3. The number of halogens is 3. The van der Waals surface area contributed by atoms with Crippen LogP contribution in [0.3, 0.4) is 0 Å². The highest BCUT2D eigenvalue weighted by Gasteiger charge is 2.30. The third-order valence-electron chi connectivity index (χ3n) is 3.90. The third-order valence-corrected chi connectivity index (χ3v) is 3.90. The van der Waals surface area contributed by atoms with Gasteiger partial charge in [0.25, 0.3) is 5.91 Å². The fraction of sp³-hybridized carbons (Fsp3) is 0.158. The maximum atomic E-state index is 12.8. The number of carbonyl (C=O) groups excluding carboxylic acids is 1. The molecule has 0 aliphatic heterocycles. The van der Waals surface area contributed by atoms with Crippen LogP contribution in [0.4, 0.5) is 13.2 Å². The SMILES string of the molecule is Cc1cccc(-c2[nH]ncc2C(=O)NCc2cccc(C(F)(F)F)c2)c1. The van der Waals surface area contributed by atoms with Crippen LogP contribution in [0.15, 0.2) is 54.7 Å². The molecule has 0 saturated heterocycles. The highest BCUT2D eigenvalue weighted by Crippen LogP contribution is 2.29. The standard InChI is InChI=1S/C19H16F3N3O/c1-12-4-2-6-14(8-12)17-16(11-24-25-17)18(26)23-10-13-5-3-7-15(9-13)19(20,21)22/h2-9,11H,10H2,1H3,(H,23,26)(H,24,25). The number of nitrogens with zero attached hydrogens (tertiary/aromatic N) is 1. The molecule has 0 aliphatic carbocycles. The molecule has 0 spiro atoms. The topological polar surface area (TPSA) is 57.8 Å². The summed E-state index contributed by atoms with van der Waals surface area (Å²) in [5.74, 6) is -0.410. The molecule has 1 heterocycles. The molecule has 4 nitrogen and oxygen atoms in total. The molecule has 0 radical (unpaired) electrons. The van der Waals surface area contributed by atoms with E-state index in [9.17, 15) is 18.0 Å². The first-order chi connectivity index (χ1) is 12.3. The second kappa shape index (κ2) is 7.03. The number of aryl methyl sites for hydroxylation is 1. The molecule has 26 heavy (non-hydrogen) atoms. The zero-order valence-electron chi connectivity index (χ0n) is 13.9. The number of hydrogen-bond acceptors (Lipinski definition) is 2. The van der Waals surface area contributed by atoms with Crippen LogP contribution in [-0.4, -0.2) is 16.1 Å². The molecule has 0 fully saturated rings. The smallest absolute Gasteiger partial charge is 0.348 e.